The lowest BCUT2D eigenvalue weighted by atomic mass is 10.2. The molecule has 3 N–H and O–H groups in total. The lowest BCUT2D eigenvalue weighted by molar-refractivity contribution is 0.583. The van der Waals surface area contributed by atoms with Gasteiger partial charge in [-0.05, 0) is 24.6 Å². The van der Waals surface area contributed by atoms with Gasteiger partial charge in [0.2, 0.25) is 0 Å². The molecule has 0 aliphatic carbocycles. The van der Waals surface area contributed by atoms with Gasteiger partial charge in [-0.3, -0.25) is 0 Å². The van der Waals surface area contributed by atoms with Crippen LogP contribution in [0.5, 0.6) is 0 Å². The molecule has 0 aliphatic rings. The third-order valence-electron chi connectivity index (χ3n) is 2.68. The molecule has 0 amide bonds. The molecule has 1 heterocycles. The standard InChI is InChI=1S/C12H16N4O2S/c1-10-3-2-4-11(7-10)16-9-14-8-12(16)5-6-15-19(13,17)18/h2-4,7-9,15H,5-6H2,1H3,(H2,13,17,18). The van der Waals surface area contributed by atoms with Gasteiger partial charge in [0.15, 0.2) is 0 Å². The summed E-state index contributed by atoms with van der Waals surface area (Å²) in [5, 5.41) is 4.88. The summed E-state index contributed by atoms with van der Waals surface area (Å²) < 4.78 is 25.8. The fourth-order valence-corrected chi connectivity index (χ4v) is 2.23. The molecule has 0 unspecified atom stereocenters. The zero-order valence-electron chi connectivity index (χ0n) is 10.6. The molecular weight excluding hydrogens is 264 g/mol. The van der Waals surface area contributed by atoms with E-state index in [9.17, 15) is 8.42 Å². The second kappa shape index (κ2) is 5.52. The van der Waals surface area contributed by atoms with Crippen LogP contribution in [0, 0.1) is 6.92 Å². The van der Waals surface area contributed by atoms with Crippen molar-refractivity contribution in [3.63, 3.8) is 0 Å². The van der Waals surface area contributed by atoms with Crippen molar-refractivity contribution in [3.8, 4) is 5.69 Å². The molecule has 1 aromatic heterocycles. The highest BCUT2D eigenvalue weighted by Gasteiger charge is 2.06. The van der Waals surface area contributed by atoms with Gasteiger partial charge in [-0.1, -0.05) is 12.1 Å². The maximum Gasteiger partial charge on any atom is 0.274 e. The van der Waals surface area contributed by atoms with E-state index >= 15 is 0 Å². The number of nitrogens with zero attached hydrogens (tertiary/aromatic N) is 2. The van der Waals surface area contributed by atoms with Gasteiger partial charge in [0, 0.05) is 30.5 Å². The SMILES string of the molecule is Cc1cccc(-n2cncc2CCNS(N)(=O)=O)c1. The Morgan fingerprint density at radius 1 is 1.42 bits per heavy atom. The average molecular weight is 280 g/mol. The fraction of sp³-hybridized carbons (Fsp3) is 0.250. The second-order valence-corrected chi connectivity index (χ2v) is 5.66. The van der Waals surface area contributed by atoms with Gasteiger partial charge < -0.3 is 4.57 Å². The van der Waals surface area contributed by atoms with E-state index in [4.69, 9.17) is 5.14 Å². The van der Waals surface area contributed by atoms with Crippen molar-refractivity contribution in [1.29, 1.82) is 0 Å². The number of hydrogen-bond donors (Lipinski definition) is 2. The van der Waals surface area contributed by atoms with Crippen molar-refractivity contribution in [3.05, 3.63) is 48.0 Å². The van der Waals surface area contributed by atoms with E-state index in [-0.39, 0.29) is 6.54 Å². The van der Waals surface area contributed by atoms with Crippen molar-refractivity contribution < 1.29 is 8.42 Å². The predicted molar refractivity (Wildman–Crippen MR) is 73.1 cm³/mol. The number of aryl methyl sites for hydroxylation is 1. The molecule has 19 heavy (non-hydrogen) atoms. The number of hydrogen-bond acceptors (Lipinski definition) is 3. The molecule has 0 atom stereocenters. The van der Waals surface area contributed by atoms with Gasteiger partial charge in [-0.2, -0.15) is 8.42 Å². The van der Waals surface area contributed by atoms with Crippen molar-refractivity contribution in [2.75, 3.05) is 6.54 Å². The Bertz CT molecular complexity index is 664. The minimum Gasteiger partial charge on any atom is -0.303 e. The van der Waals surface area contributed by atoms with E-state index in [0.29, 0.717) is 6.42 Å². The van der Waals surface area contributed by atoms with Crippen molar-refractivity contribution in [2.24, 2.45) is 5.14 Å². The molecule has 0 bridgehead atoms. The smallest absolute Gasteiger partial charge is 0.274 e. The fourth-order valence-electron chi connectivity index (χ4n) is 1.84. The Balaban J connectivity index is 2.14. The van der Waals surface area contributed by atoms with Gasteiger partial charge in [0.05, 0.1) is 6.33 Å². The van der Waals surface area contributed by atoms with Gasteiger partial charge in [0.1, 0.15) is 0 Å². The minimum atomic E-state index is -3.64. The van der Waals surface area contributed by atoms with Gasteiger partial charge in [0.25, 0.3) is 10.2 Å². The number of imidazole rings is 1. The van der Waals surface area contributed by atoms with Crippen LogP contribution < -0.4 is 9.86 Å². The van der Waals surface area contributed by atoms with Crippen LogP contribution in [0.4, 0.5) is 0 Å². The van der Waals surface area contributed by atoms with Crippen molar-refractivity contribution in [1.82, 2.24) is 14.3 Å². The Kier molecular flexibility index (Phi) is 3.98. The molecule has 0 saturated carbocycles. The first-order valence-electron chi connectivity index (χ1n) is 5.81. The van der Waals surface area contributed by atoms with Crippen LogP contribution in [0.15, 0.2) is 36.8 Å². The number of rotatable bonds is 5. The first-order chi connectivity index (χ1) is 8.96. The second-order valence-electron chi connectivity index (χ2n) is 4.28. The molecule has 6 nitrogen and oxygen atoms in total. The Hall–Kier alpha value is -1.70. The van der Waals surface area contributed by atoms with Crippen LogP contribution in [-0.4, -0.2) is 24.5 Å². The molecule has 0 spiro atoms. The molecule has 0 aliphatic heterocycles. The average Bonchev–Trinajstić information content (AvgIpc) is 2.75. The van der Waals surface area contributed by atoms with E-state index in [1.165, 1.54) is 0 Å². The summed E-state index contributed by atoms with van der Waals surface area (Å²) in [6.07, 6.45) is 3.94. The number of nitrogens with two attached hydrogens (primary N) is 1. The quantitative estimate of drug-likeness (QED) is 0.836. The lowest BCUT2D eigenvalue weighted by Gasteiger charge is -2.09. The third kappa shape index (κ3) is 3.88. The Morgan fingerprint density at radius 2 is 2.21 bits per heavy atom. The van der Waals surface area contributed by atoms with Crippen molar-refractivity contribution in [2.45, 2.75) is 13.3 Å². The highest BCUT2D eigenvalue weighted by Crippen LogP contribution is 2.13. The molecular formula is C12H16N4O2S. The summed E-state index contributed by atoms with van der Waals surface area (Å²) in [5.74, 6) is 0. The van der Waals surface area contributed by atoms with Crippen LogP contribution in [0.1, 0.15) is 11.3 Å². The predicted octanol–water partition coefficient (Wildman–Crippen LogP) is 0.516. The van der Waals surface area contributed by atoms with E-state index in [1.807, 2.05) is 35.8 Å². The van der Waals surface area contributed by atoms with E-state index in [0.717, 1.165) is 16.9 Å². The summed E-state index contributed by atoms with van der Waals surface area (Å²) in [5.41, 5.74) is 3.07. The van der Waals surface area contributed by atoms with Gasteiger partial charge >= 0.3 is 0 Å². The Labute approximate surface area is 112 Å². The largest absolute Gasteiger partial charge is 0.303 e. The molecule has 0 radical (unpaired) electrons. The Morgan fingerprint density at radius 3 is 2.89 bits per heavy atom. The van der Waals surface area contributed by atoms with Crippen LogP contribution in [0.2, 0.25) is 0 Å². The van der Waals surface area contributed by atoms with Gasteiger partial charge in [-0.25, -0.2) is 14.8 Å². The lowest BCUT2D eigenvalue weighted by Crippen LogP contribution is -2.32. The summed E-state index contributed by atoms with van der Waals surface area (Å²) in [6.45, 7) is 2.26. The summed E-state index contributed by atoms with van der Waals surface area (Å²) in [4.78, 5) is 4.10. The highest BCUT2D eigenvalue weighted by atomic mass is 32.2. The summed E-state index contributed by atoms with van der Waals surface area (Å²) in [7, 11) is -3.64. The monoisotopic (exact) mass is 280 g/mol. The van der Waals surface area contributed by atoms with Crippen LogP contribution in [0.3, 0.4) is 0 Å². The van der Waals surface area contributed by atoms with Crippen LogP contribution in [-0.2, 0) is 16.6 Å². The summed E-state index contributed by atoms with van der Waals surface area (Å²) >= 11 is 0. The zero-order valence-corrected chi connectivity index (χ0v) is 11.4. The van der Waals surface area contributed by atoms with Crippen LogP contribution in [0.25, 0.3) is 5.69 Å². The molecule has 2 rings (SSSR count). The number of benzene rings is 1. The zero-order chi connectivity index (χ0) is 13.9. The maximum atomic E-state index is 10.8. The van der Waals surface area contributed by atoms with E-state index in [1.54, 1.807) is 12.5 Å². The maximum absolute atomic E-state index is 10.8. The molecule has 7 heteroatoms. The molecule has 0 saturated heterocycles. The van der Waals surface area contributed by atoms with Gasteiger partial charge in [-0.15, -0.1) is 0 Å². The molecule has 2 aromatic rings. The summed E-state index contributed by atoms with van der Waals surface area (Å²) in [6, 6.07) is 8.00. The first kappa shape index (κ1) is 13.7. The van der Waals surface area contributed by atoms with E-state index in [2.05, 4.69) is 9.71 Å². The molecule has 102 valence electrons. The normalized spacial score (nSPS) is 11.7. The molecule has 1 aromatic carbocycles. The number of nitrogens with one attached hydrogen (secondary N) is 1. The number of aromatic nitrogens is 2. The van der Waals surface area contributed by atoms with Crippen LogP contribution >= 0.6 is 0 Å². The highest BCUT2D eigenvalue weighted by molar-refractivity contribution is 7.87. The van der Waals surface area contributed by atoms with Crippen molar-refractivity contribution >= 4 is 10.2 Å². The first-order valence-corrected chi connectivity index (χ1v) is 7.36. The van der Waals surface area contributed by atoms with E-state index < -0.39 is 10.2 Å². The topological polar surface area (TPSA) is 90.0 Å². The molecule has 0 fully saturated rings. The third-order valence-corrected chi connectivity index (χ3v) is 3.29. The minimum absolute atomic E-state index is 0.246.